The van der Waals surface area contributed by atoms with Gasteiger partial charge in [0.2, 0.25) is 0 Å². The highest BCUT2D eigenvalue weighted by molar-refractivity contribution is 7.91. The van der Waals surface area contributed by atoms with Gasteiger partial charge in [0.15, 0.2) is 9.79 Å². The van der Waals surface area contributed by atoms with E-state index < -0.39 is 11.2 Å². The van der Waals surface area contributed by atoms with Crippen LogP contribution < -0.4 is 5.73 Å². The smallest absolute Gasteiger partial charge is 0.169 e. The van der Waals surface area contributed by atoms with Crippen LogP contribution in [0.2, 0.25) is 0 Å². The summed E-state index contributed by atoms with van der Waals surface area (Å²) in [6.07, 6.45) is 0. The third-order valence-electron chi connectivity index (χ3n) is 2.98. The molecule has 0 amide bonds. The van der Waals surface area contributed by atoms with E-state index in [0.717, 1.165) is 25.4 Å². The molecule has 3 aromatic rings. The first-order valence-electron chi connectivity index (χ1n) is 5.96. The molecular weight excluding hydrogens is 274 g/mol. The summed E-state index contributed by atoms with van der Waals surface area (Å²) in [7, 11) is 0. The molecule has 0 aliphatic rings. The molecule has 0 radical (unpaired) electrons. The Morgan fingerprint density at radius 2 is 1.79 bits per heavy atom. The van der Waals surface area contributed by atoms with Crippen LogP contribution in [0.15, 0.2) is 63.7 Å². The van der Waals surface area contributed by atoms with Gasteiger partial charge in [-0.05, 0) is 22.9 Å². The highest BCUT2D eigenvalue weighted by Crippen LogP contribution is 2.27. The summed E-state index contributed by atoms with van der Waals surface area (Å²) < 4.78 is 12.5. The van der Waals surface area contributed by atoms with Gasteiger partial charge in [0, 0.05) is 40.1 Å². The first-order chi connectivity index (χ1) is 9.28. The van der Waals surface area contributed by atoms with Crippen LogP contribution in [0.4, 0.5) is 0 Å². The van der Waals surface area contributed by atoms with Crippen LogP contribution in [0.25, 0.3) is 10.8 Å². The zero-order valence-corrected chi connectivity index (χ0v) is 11.8. The Balaban J connectivity index is 1.98. The van der Waals surface area contributed by atoms with Crippen molar-refractivity contribution in [3.05, 3.63) is 58.8 Å². The van der Waals surface area contributed by atoms with Gasteiger partial charge in [-0.1, -0.05) is 24.3 Å². The summed E-state index contributed by atoms with van der Waals surface area (Å²) in [4.78, 5) is 2.73. The minimum absolute atomic E-state index is 0.500. The van der Waals surface area contributed by atoms with Crippen molar-refractivity contribution in [2.45, 2.75) is 16.3 Å². The molecule has 0 fully saturated rings. The van der Waals surface area contributed by atoms with E-state index in [1.165, 1.54) is 0 Å². The molecular formula is C15H13NOS2. The molecule has 2 N–H and O–H groups in total. The van der Waals surface area contributed by atoms with E-state index >= 15 is 0 Å². The summed E-state index contributed by atoms with van der Waals surface area (Å²) in [6, 6.07) is 15.9. The van der Waals surface area contributed by atoms with E-state index in [1.54, 1.807) is 11.3 Å². The highest BCUT2D eigenvalue weighted by atomic mass is 32.2. The summed E-state index contributed by atoms with van der Waals surface area (Å²) in [5, 5.41) is 4.20. The number of hydrogen-bond acceptors (Lipinski definition) is 3. The van der Waals surface area contributed by atoms with Crippen LogP contribution >= 0.6 is 11.3 Å². The van der Waals surface area contributed by atoms with E-state index in [2.05, 4.69) is 6.07 Å². The minimum atomic E-state index is -1.13. The molecule has 2 aromatic carbocycles. The molecule has 4 heteroatoms. The first kappa shape index (κ1) is 12.7. The average molecular weight is 287 g/mol. The maximum Gasteiger partial charge on any atom is 0.169 e. The molecule has 96 valence electrons. The standard InChI is InChI=1S/C15H13NOS2/c16-9-13-8-15(10-18-13)19(17)14-6-5-11-3-1-2-4-12(11)7-14/h1-8,10H,9,16H2. The molecule has 0 saturated carbocycles. The van der Waals surface area contributed by atoms with Crippen LogP contribution in [0, 0.1) is 0 Å². The maximum absolute atomic E-state index is 12.5. The lowest BCUT2D eigenvalue weighted by molar-refractivity contribution is 0.595. The van der Waals surface area contributed by atoms with Gasteiger partial charge < -0.3 is 10.3 Å². The van der Waals surface area contributed by atoms with Crippen molar-refractivity contribution in [1.82, 2.24) is 0 Å². The zero-order valence-electron chi connectivity index (χ0n) is 10.2. The van der Waals surface area contributed by atoms with Crippen molar-refractivity contribution in [3.63, 3.8) is 0 Å². The lowest BCUT2D eigenvalue weighted by atomic mass is 10.1. The Bertz CT molecular complexity index is 708. The van der Waals surface area contributed by atoms with Crippen LogP contribution in [0.1, 0.15) is 4.88 Å². The van der Waals surface area contributed by atoms with Crippen molar-refractivity contribution >= 4 is 33.3 Å². The molecule has 1 atom stereocenters. The molecule has 0 bridgehead atoms. The number of nitrogens with two attached hydrogens (primary N) is 1. The molecule has 0 saturated heterocycles. The van der Waals surface area contributed by atoms with Crippen molar-refractivity contribution in [3.8, 4) is 0 Å². The van der Waals surface area contributed by atoms with E-state index in [1.807, 2.05) is 47.8 Å². The summed E-state index contributed by atoms with van der Waals surface area (Å²) in [5.74, 6) is 0. The van der Waals surface area contributed by atoms with Crippen LogP contribution in [0.3, 0.4) is 0 Å². The molecule has 0 aliphatic heterocycles. The van der Waals surface area contributed by atoms with Gasteiger partial charge in [-0.25, -0.2) is 0 Å². The predicted molar refractivity (Wildman–Crippen MR) is 80.8 cm³/mol. The van der Waals surface area contributed by atoms with E-state index in [9.17, 15) is 4.55 Å². The van der Waals surface area contributed by atoms with Gasteiger partial charge >= 0.3 is 0 Å². The largest absolute Gasteiger partial charge is 0.606 e. The summed E-state index contributed by atoms with van der Waals surface area (Å²) in [6.45, 7) is 0.500. The third kappa shape index (κ3) is 2.53. The molecule has 1 unspecified atom stereocenters. The second-order valence-corrected chi connectivity index (χ2v) is 6.71. The molecule has 1 aromatic heterocycles. The SMILES string of the molecule is NCc1cc([S+]([O-])c2ccc3ccccc3c2)cs1. The molecule has 0 aliphatic carbocycles. The lowest BCUT2D eigenvalue weighted by Crippen LogP contribution is -2.00. The fourth-order valence-electron chi connectivity index (χ4n) is 1.98. The van der Waals surface area contributed by atoms with Crippen molar-refractivity contribution in [1.29, 1.82) is 0 Å². The molecule has 1 heterocycles. The predicted octanol–water partition coefficient (Wildman–Crippen LogP) is 3.53. The monoisotopic (exact) mass is 287 g/mol. The summed E-state index contributed by atoms with van der Waals surface area (Å²) in [5.41, 5.74) is 5.59. The topological polar surface area (TPSA) is 49.1 Å². The van der Waals surface area contributed by atoms with Crippen molar-refractivity contribution in [2.24, 2.45) is 5.73 Å². The van der Waals surface area contributed by atoms with Gasteiger partial charge in [-0.2, -0.15) is 0 Å². The highest BCUT2D eigenvalue weighted by Gasteiger charge is 2.17. The van der Waals surface area contributed by atoms with E-state index in [-0.39, 0.29) is 0 Å². The van der Waals surface area contributed by atoms with Gasteiger partial charge in [-0.15, -0.1) is 11.3 Å². The van der Waals surface area contributed by atoms with Gasteiger partial charge in [0.1, 0.15) is 0 Å². The van der Waals surface area contributed by atoms with Crippen molar-refractivity contribution in [2.75, 3.05) is 0 Å². The van der Waals surface area contributed by atoms with Crippen LogP contribution in [0.5, 0.6) is 0 Å². The molecule has 2 nitrogen and oxygen atoms in total. The number of rotatable bonds is 3. The van der Waals surface area contributed by atoms with Gasteiger partial charge in [0.25, 0.3) is 0 Å². The van der Waals surface area contributed by atoms with E-state index in [0.29, 0.717) is 6.54 Å². The second kappa shape index (κ2) is 5.35. The Hall–Kier alpha value is -1.33. The number of benzene rings is 2. The fraction of sp³-hybridized carbons (Fsp3) is 0.0667. The van der Waals surface area contributed by atoms with Crippen LogP contribution in [-0.2, 0) is 17.7 Å². The average Bonchev–Trinajstić information content (AvgIpc) is 2.95. The summed E-state index contributed by atoms with van der Waals surface area (Å²) >= 11 is 0.429. The van der Waals surface area contributed by atoms with E-state index in [4.69, 9.17) is 5.73 Å². The third-order valence-corrected chi connectivity index (χ3v) is 5.43. The fourth-order valence-corrected chi connectivity index (χ4v) is 4.13. The second-order valence-electron chi connectivity index (χ2n) is 4.23. The number of hydrogen-bond donors (Lipinski definition) is 1. The maximum atomic E-state index is 12.5. The molecule has 3 rings (SSSR count). The minimum Gasteiger partial charge on any atom is -0.606 e. The normalized spacial score (nSPS) is 12.7. The van der Waals surface area contributed by atoms with Crippen molar-refractivity contribution < 1.29 is 4.55 Å². The number of fused-ring (bicyclic) bond motifs is 1. The quantitative estimate of drug-likeness (QED) is 0.749. The Labute approximate surface area is 119 Å². The van der Waals surface area contributed by atoms with Gasteiger partial charge in [0.05, 0.1) is 0 Å². The zero-order chi connectivity index (χ0) is 13.2. The Kier molecular flexibility index (Phi) is 3.57. The number of thiophene rings is 1. The van der Waals surface area contributed by atoms with Crippen LogP contribution in [-0.4, -0.2) is 4.55 Å². The van der Waals surface area contributed by atoms with Gasteiger partial charge in [-0.3, -0.25) is 0 Å². The molecule has 19 heavy (non-hydrogen) atoms. The molecule has 0 spiro atoms. The first-order valence-corrected chi connectivity index (χ1v) is 7.99. The Morgan fingerprint density at radius 3 is 2.53 bits per heavy atom. The Morgan fingerprint density at radius 1 is 1.00 bits per heavy atom. The lowest BCUT2D eigenvalue weighted by Gasteiger charge is -2.08.